The summed E-state index contributed by atoms with van der Waals surface area (Å²) in [6, 6.07) is 11.4. The Morgan fingerprint density at radius 1 is 1.20 bits per heavy atom. The van der Waals surface area contributed by atoms with Gasteiger partial charge in [-0.3, -0.25) is 4.72 Å². The lowest BCUT2D eigenvalue weighted by atomic mass is 10.1. The van der Waals surface area contributed by atoms with Crippen molar-refractivity contribution in [3.63, 3.8) is 0 Å². The van der Waals surface area contributed by atoms with Crippen LogP contribution in [0.3, 0.4) is 0 Å². The van der Waals surface area contributed by atoms with Crippen molar-refractivity contribution in [3.8, 4) is 5.75 Å². The maximum absolute atomic E-state index is 12.3. The van der Waals surface area contributed by atoms with Crippen LogP contribution in [0.1, 0.15) is 12.5 Å². The van der Waals surface area contributed by atoms with E-state index in [1.165, 1.54) is 12.1 Å². The van der Waals surface area contributed by atoms with Gasteiger partial charge in [0.25, 0.3) is 10.0 Å². The van der Waals surface area contributed by atoms with Gasteiger partial charge in [-0.1, -0.05) is 25.1 Å². The molecule has 2 aromatic carbocycles. The number of benzene rings is 2. The van der Waals surface area contributed by atoms with Gasteiger partial charge in [0.15, 0.2) is 0 Å². The number of aryl methyl sites for hydroxylation is 1. The normalized spacial score (nSPS) is 11.3. The van der Waals surface area contributed by atoms with Gasteiger partial charge in [0, 0.05) is 4.47 Å². The molecule has 2 rings (SSSR count). The molecule has 2 aromatic rings. The molecule has 0 spiro atoms. The van der Waals surface area contributed by atoms with E-state index in [-0.39, 0.29) is 16.3 Å². The van der Waals surface area contributed by atoms with Gasteiger partial charge >= 0.3 is 0 Å². The Hall–Kier alpha value is -1.53. The number of hydrogen-bond acceptors (Lipinski definition) is 3. The van der Waals surface area contributed by atoms with Crippen LogP contribution in [0.25, 0.3) is 0 Å². The summed E-state index contributed by atoms with van der Waals surface area (Å²) >= 11 is 3.21. The third-order valence-electron chi connectivity index (χ3n) is 2.84. The molecule has 0 heterocycles. The van der Waals surface area contributed by atoms with Gasteiger partial charge in [0.05, 0.1) is 5.69 Å². The first kappa shape index (κ1) is 14.9. The van der Waals surface area contributed by atoms with E-state index in [1.807, 2.05) is 6.92 Å². The lowest BCUT2D eigenvalue weighted by Crippen LogP contribution is -2.13. The van der Waals surface area contributed by atoms with Gasteiger partial charge in [-0.15, -0.1) is 0 Å². The molecule has 106 valence electrons. The number of phenols is 1. The summed E-state index contributed by atoms with van der Waals surface area (Å²) in [5.74, 6) is -0.0992. The summed E-state index contributed by atoms with van der Waals surface area (Å²) in [6.45, 7) is 1.96. The molecule has 0 amide bonds. The largest absolute Gasteiger partial charge is 0.506 e. The highest BCUT2D eigenvalue weighted by Gasteiger charge is 2.18. The Kier molecular flexibility index (Phi) is 4.35. The van der Waals surface area contributed by atoms with Crippen LogP contribution in [0.5, 0.6) is 5.75 Å². The molecule has 6 heteroatoms. The Labute approximate surface area is 126 Å². The fourth-order valence-electron chi connectivity index (χ4n) is 1.75. The minimum Gasteiger partial charge on any atom is -0.506 e. The highest BCUT2D eigenvalue weighted by molar-refractivity contribution is 9.10. The standard InChI is InChI=1S/C14H14BrNO3S/c1-2-10-7-8-13(17)12(9-10)16-20(18,19)14-6-4-3-5-11(14)15/h3-9,16-17H,2H2,1H3. The van der Waals surface area contributed by atoms with Crippen molar-refractivity contribution in [2.75, 3.05) is 4.72 Å². The third-order valence-corrected chi connectivity index (χ3v) is 5.22. The van der Waals surface area contributed by atoms with Crippen molar-refractivity contribution < 1.29 is 13.5 Å². The van der Waals surface area contributed by atoms with E-state index in [9.17, 15) is 13.5 Å². The zero-order chi connectivity index (χ0) is 14.8. The second kappa shape index (κ2) is 5.85. The number of nitrogens with one attached hydrogen (secondary N) is 1. The van der Waals surface area contributed by atoms with Crippen molar-refractivity contribution in [2.45, 2.75) is 18.2 Å². The molecule has 0 radical (unpaired) electrons. The first-order valence-electron chi connectivity index (χ1n) is 6.03. The highest BCUT2D eigenvalue weighted by Crippen LogP contribution is 2.29. The third kappa shape index (κ3) is 3.13. The summed E-state index contributed by atoms with van der Waals surface area (Å²) in [5.41, 5.74) is 1.12. The summed E-state index contributed by atoms with van der Waals surface area (Å²) in [4.78, 5) is 0.126. The fourth-order valence-corrected chi connectivity index (χ4v) is 3.82. The van der Waals surface area contributed by atoms with E-state index in [0.717, 1.165) is 12.0 Å². The van der Waals surface area contributed by atoms with E-state index < -0.39 is 10.0 Å². The van der Waals surface area contributed by atoms with E-state index in [1.54, 1.807) is 30.3 Å². The zero-order valence-electron chi connectivity index (χ0n) is 10.8. The van der Waals surface area contributed by atoms with Crippen LogP contribution in [0.15, 0.2) is 51.8 Å². The molecular weight excluding hydrogens is 342 g/mol. The van der Waals surface area contributed by atoms with Crippen LogP contribution in [-0.2, 0) is 16.4 Å². The quantitative estimate of drug-likeness (QED) is 0.824. The molecule has 0 bridgehead atoms. The second-order valence-electron chi connectivity index (χ2n) is 4.24. The Morgan fingerprint density at radius 2 is 1.90 bits per heavy atom. The fraction of sp³-hybridized carbons (Fsp3) is 0.143. The van der Waals surface area contributed by atoms with Gasteiger partial charge in [0.2, 0.25) is 0 Å². The molecule has 0 atom stereocenters. The molecule has 20 heavy (non-hydrogen) atoms. The maximum atomic E-state index is 12.3. The number of halogens is 1. The van der Waals surface area contributed by atoms with Gasteiger partial charge in [-0.25, -0.2) is 8.42 Å². The molecule has 0 aliphatic carbocycles. The summed E-state index contributed by atoms with van der Waals surface area (Å²) in [5, 5.41) is 9.77. The number of sulfonamides is 1. The lowest BCUT2D eigenvalue weighted by molar-refractivity contribution is 0.477. The maximum Gasteiger partial charge on any atom is 0.263 e. The number of hydrogen-bond donors (Lipinski definition) is 2. The van der Waals surface area contributed by atoms with E-state index in [0.29, 0.717) is 4.47 Å². The first-order valence-corrected chi connectivity index (χ1v) is 8.31. The molecule has 0 saturated carbocycles. The molecule has 0 aromatic heterocycles. The number of anilines is 1. The van der Waals surface area contributed by atoms with Gasteiger partial charge in [-0.05, 0) is 52.2 Å². The summed E-state index contributed by atoms with van der Waals surface area (Å²) in [7, 11) is -3.75. The average molecular weight is 356 g/mol. The van der Waals surface area contributed by atoms with Gasteiger partial charge in [-0.2, -0.15) is 0 Å². The molecular formula is C14H14BrNO3S. The van der Waals surface area contributed by atoms with Gasteiger partial charge in [0.1, 0.15) is 10.6 Å². The van der Waals surface area contributed by atoms with Crippen molar-refractivity contribution in [3.05, 3.63) is 52.5 Å². The molecule has 0 unspecified atom stereocenters. The van der Waals surface area contributed by atoms with Gasteiger partial charge < -0.3 is 5.11 Å². The minimum absolute atomic E-state index is 0.0992. The smallest absolute Gasteiger partial charge is 0.263 e. The molecule has 0 saturated heterocycles. The van der Waals surface area contributed by atoms with E-state index >= 15 is 0 Å². The Balaban J connectivity index is 2.41. The minimum atomic E-state index is -3.75. The molecule has 2 N–H and O–H groups in total. The number of aromatic hydroxyl groups is 1. The monoisotopic (exact) mass is 355 g/mol. The lowest BCUT2D eigenvalue weighted by Gasteiger charge is -2.11. The van der Waals surface area contributed by atoms with Crippen molar-refractivity contribution in [1.29, 1.82) is 0 Å². The van der Waals surface area contributed by atoms with Crippen LogP contribution in [0.2, 0.25) is 0 Å². The van der Waals surface area contributed by atoms with Crippen molar-refractivity contribution >= 4 is 31.6 Å². The topological polar surface area (TPSA) is 66.4 Å². The Morgan fingerprint density at radius 3 is 2.55 bits per heavy atom. The SMILES string of the molecule is CCc1ccc(O)c(NS(=O)(=O)c2ccccc2Br)c1. The summed E-state index contributed by atoms with van der Waals surface area (Å²) in [6.07, 6.45) is 0.754. The van der Waals surface area contributed by atoms with E-state index in [2.05, 4.69) is 20.7 Å². The van der Waals surface area contributed by atoms with Crippen LogP contribution in [0, 0.1) is 0 Å². The molecule has 0 aliphatic heterocycles. The molecule has 0 aliphatic rings. The van der Waals surface area contributed by atoms with Crippen molar-refractivity contribution in [2.24, 2.45) is 0 Å². The number of phenolic OH excluding ortho intramolecular Hbond substituents is 1. The highest BCUT2D eigenvalue weighted by atomic mass is 79.9. The van der Waals surface area contributed by atoms with Crippen LogP contribution < -0.4 is 4.72 Å². The first-order chi connectivity index (χ1) is 9.44. The zero-order valence-corrected chi connectivity index (χ0v) is 13.2. The average Bonchev–Trinajstić information content (AvgIpc) is 2.41. The number of rotatable bonds is 4. The molecule has 4 nitrogen and oxygen atoms in total. The summed E-state index contributed by atoms with van der Waals surface area (Å²) < 4.78 is 27.5. The second-order valence-corrected chi connectivity index (χ2v) is 6.75. The molecule has 0 fully saturated rings. The van der Waals surface area contributed by atoms with Crippen LogP contribution in [-0.4, -0.2) is 13.5 Å². The Bertz CT molecular complexity index is 729. The van der Waals surface area contributed by atoms with Crippen LogP contribution >= 0.6 is 15.9 Å². The van der Waals surface area contributed by atoms with Crippen molar-refractivity contribution in [1.82, 2.24) is 0 Å². The predicted octanol–water partition coefficient (Wildman–Crippen LogP) is 3.52. The van der Waals surface area contributed by atoms with Crippen LogP contribution in [0.4, 0.5) is 5.69 Å². The van der Waals surface area contributed by atoms with E-state index in [4.69, 9.17) is 0 Å². The predicted molar refractivity (Wildman–Crippen MR) is 82.4 cm³/mol.